The summed E-state index contributed by atoms with van der Waals surface area (Å²) in [6.07, 6.45) is 2.94. The van der Waals surface area contributed by atoms with E-state index in [4.69, 9.17) is 25.8 Å². The van der Waals surface area contributed by atoms with Crippen LogP contribution in [0.2, 0.25) is 5.02 Å². The molecule has 2 atom stereocenters. The minimum Gasteiger partial charge on any atom is -0.495 e. The molecule has 0 spiro atoms. The number of carbonyl (C=O) groups excluding carboxylic acids is 1. The Morgan fingerprint density at radius 2 is 1.81 bits per heavy atom. The van der Waals surface area contributed by atoms with E-state index in [1.807, 2.05) is 24.3 Å². The Morgan fingerprint density at radius 1 is 1.08 bits per heavy atom. The Kier molecular flexibility index (Phi) is 5.94. The highest BCUT2D eigenvalue weighted by Gasteiger charge is 2.39. The van der Waals surface area contributed by atoms with Crippen LogP contribution in [0.25, 0.3) is 21.5 Å². The van der Waals surface area contributed by atoms with Crippen LogP contribution in [0.4, 0.5) is 0 Å². The summed E-state index contributed by atoms with van der Waals surface area (Å²) in [5, 5.41) is 23.7. The van der Waals surface area contributed by atoms with Crippen LogP contribution < -0.4 is 14.2 Å². The first-order valence-corrected chi connectivity index (χ1v) is 12.6. The highest BCUT2D eigenvalue weighted by molar-refractivity contribution is 6.33. The zero-order chi connectivity index (χ0) is 25.8. The molecule has 0 saturated carbocycles. The quantitative estimate of drug-likeness (QED) is 0.382. The molecule has 0 unspecified atom stereocenters. The van der Waals surface area contributed by atoms with Crippen molar-refractivity contribution in [2.24, 2.45) is 0 Å². The molecule has 2 aliphatic heterocycles. The van der Waals surface area contributed by atoms with Gasteiger partial charge >= 0.3 is 0 Å². The lowest BCUT2D eigenvalue weighted by Crippen LogP contribution is -2.39. The lowest BCUT2D eigenvalue weighted by atomic mass is 9.83. The smallest absolute Gasteiger partial charge is 0.245 e. The summed E-state index contributed by atoms with van der Waals surface area (Å²) in [6, 6.07) is 7.82. The number of aromatic nitrogens is 3. The minimum atomic E-state index is -0.628. The average Bonchev–Trinajstić information content (AvgIpc) is 3.57. The molecule has 3 aromatic carbocycles. The highest BCUT2D eigenvalue weighted by atomic mass is 35.5. The van der Waals surface area contributed by atoms with Crippen LogP contribution in [0, 0.1) is 0 Å². The Hall–Kier alpha value is -3.40. The third-order valence-electron chi connectivity index (χ3n) is 7.50. The summed E-state index contributed by atoms with van der Waals surface area (Å²) in [4.78, 5) is 13.9. The van der Waals surface area contributed by atoms with E-state index in [0.29, 0.717) is 28.0 Å². The molecule has 1 aromatic heterocycles. The third kappa shape index (κ3) is 3.89. The molecule has 1 fully saturated rings. The van der Waals surface area contributed by atoms with Crippen molar-refractivity contribution in [3.05, 3.63) is 52.3 Å². The first-order chi connectivity index (χ1) is 17.9. The lowest BCUT2D eigenvalue weighted by Gasteiger charge is -2.37. The number of benzene rings is 3. The fourth-order valence-corrected chi connectivity index (χ4v) is 5.99. The molecule has 3 heterocycles. The average molecular weight is 523 g/mol. The highest BCUT2D eigenvalue weighted by Crippen LogP contribution is 2.48. The maximum Gasteiger partial charge on any atom is 0.245 e. The van der Waals surface area contributed by atoms with E-state index in [9.17, 15) is 9.90 Å². The molecule has 9 nitrogen and oxygen atoms in total. The second kappa shape index (κ2) is 9.16. The molecule has 37 heavy (non-hydrogen) atoms. The molecule has 192 valence electrons. The van der Waals surface area contributed by atoms with Crippen molar-refractivity contribution < 1.29 is 24.1 Å². The number of methoxy groups -OCH3 is 2. The van der Waals surface area contributed by atoms with Crippen LogP contribution in [0.5, 0.6) is 17.2 Å². The van der Waals surface area contributed by atoms with Gasteiger partial charge in [-0.2, -0.15) is 4.68 Å². The van der Waals surface area contributed by atoms with Gasteiger partial charge in [0.05, 0.1) is 31.5 Å². The van der Waals surface area contributed by atoms with Crippen molar-refractivity contribution in [2.75, 3.05) is 20.8 Å². The van der Waals surface area contributed by atoms with E-state index < -0.39 is 6.10 Å². The van der Waals surface area contributed by atoms with Gasteiger partial charge in [-0.25, -0.2) is 0 Å². The fourth-order valence-electron chi connectivity index (χ4n) is 5.75. The minimum absolute atomic E-state index is 0.0904. The zero-order valence-corrected chi connectivity index (χ0v) is 21.6. The van der Waals surface area contributed by atoms with Gasteiger partial charge in [0.1, 0.15) is 18.1 Å². The van der Waals surface area contributed by atoms with Crippen molar-refractivity contribution >= 4 is 39.1 Å². The van der Waals surface area contributed by atoms with Gasteiger partial charge in [0, 0.05) is 19.5 Å². The van der Waals surface area contributed by atoms with Crippen LogP contribution in [-0.2, 0) is 13.2 Å². The summed E-state index contributed by atoms with van der Waals surface area (Å²) in [7, 11) is 3.18. The molecular formula is C27H27ClN4O5. The maximum absolute atomic E-state index is 11.6. The van der Waals surface area contributed by atoms with Crippen molar-refractivity contribution in [3.63, 3.8) is 0 Å². The van der Waals surface area contributed by atoms with Crippen molar-refractivity contribution in [1.29, 1.82) is 0 Å². The zero-order valence-electron chi connectivity index (χ0n) is 20.8. The SMILES string of the molecule is COc1cc2c(cc1Cl)c1c(c3cc(OC)c(OCc4cn(C(C)=O)nn4)cc32)[C@H](O)[C@@H]2CCCN2C1. The van der Waals surface area contributed by atoms with Crippen molar-refractivity contribution in [3.8, 4) is 17.2 Å². The van der Waals surface area contributed by atoms with Crippen molar-refractivity contribution in [2.45, 2.75) is 45.1 Å². The topological polar surface area (TPSA) is 98.9 Å². The number of ether oxygens (including phenoxy) is 3. The van der Waals surface area contributed by atoms with Gasteiger partial charge in [-0.15, -0.1) is 5.10 Å². The second-order valence-electron chi connectivity index (χ2n) is 9.56. The van der Waals surface area contributed by atoms with Crippen LogP contribution in [0.3, 0.4) is 0 Å². The summed E-state index contributed by atoms with van der Waals surface area (Å²) < 4.78 is 18.5. The second-order valence-corrected chi connectivity index (χ2v) is 9.97. The standard InChI is InChI=1S/C27H27ClN4O5/c1-14(33)32-11-15(29-30-32)13-37-25-9-18-17-8-23(35-2)21(28)7-16(17)20-12-31-6-4-5-22(31)27(34)26(20)19(18)10-24(25)36-3/h7-11,22,27,34H,4-6,12-13H2,1-3H3/t22-,27+/m0/s1. The summed E-state index contributed by atoms with van der Waals surface area (Å²) in [5.74, 6) is 1.39. The van der Waals surface area contributed by atoms with Crippen LogP contribution in [0.15, 0.2) is 30.5 Å². The van der Waals surface area contributed by atoms with Gasteiger partial charge < -0.3 is 19.3 Å². The number of aliphatic hydroxyl groups excluding tert-OH is 1. The molecule has 4 aromatic rings. The Labute approximate surface area is 218 Å². The van der Waals surface area contributed by atoms with Gasteiger partial charge in [0.25, 0.3) is 0 Å². The van der Waals surface area contributed by atoms with Crippen LogP contribution >= 0.6 is 11.6 Å². The van der Waals surface area contributed by atoms with Gasteiger partial charge in [-0.1, -0.05) is 16.8 Å². The molecule has 0 radical (unpaired) electrons. The van der Waals surface area contributed by atoms with Gasteiger partial charge in [-0.05, 0) is 76.3 Å². The molecule has 0 bridgehead atoms. The third-order valence-corrected chi connectivity index (χ3v) is 7.80. The van der Waals surface area contributed by atoms with E-state index in [1.165, 1.54) is 17.8 Å². The Balaban J connectivity index is 1.55. The Bertz CT molecular complexity index is 1550. The number of aliphatic hydroxyl groups is 1. The molecule has 0 aliphatic carbocycles. The lowest BCUT2D eigenvalue weighted by molar-refractivity contribution is 0.0552. The van der Waals surface area contributed by atoms with Gasteiger partial charge in [0.2, 0.25) is 5.91 Å². The number of hydrogen-bond donors (Lipinski definition) is 1. The van der Waals surface area contributed by atoms with E-state index in [-0.39, 0.29) is 18.6 Å². The molecule has 1 saturated heterocycles. The molecule has 6 rings (SSSR count). The number of nitrogens with zero attached hydrogens (tertiary/aromatic N) is 4. The van der Waals surface area contributed by atoms with Gasteiger partial charge in [-0.3, -0.25) is 9.69 Å². The van der Waals surface area contributed by atoms with Crippen LogP contribution in [0.1, 0.15) is 47.5 Å². The fraction of sp³-hybridized carbons (Fsp3) is 0.370. The first-order valence-electron chi connectivity index (χ1n) is 12.2. The summed E-state index contributed by atoms with van der Waals surface area (Å²) in [5.41, 5.74) is 2.51. The van der Waals surface area contributed by atoms with E-state index in [2.05, 4.69) is 15.2 Å². The normalized spacial score (nSPS) is 19.2. The largest absolute Gasteiger partial charge is 0.495 e. The summed E-state index contributed by atoms with van der Waals surface area (Å²) in [6.45, 7) is 3.23. The van der Waals surface area contributed by atoms with E-state index in [1.54, 1.807) is 14.2 Å². The number of halogens is 1. The first kappa shape index (κ1) is 24.0. The molecule has 10 heteroatoms. The molecule has 2 aliphatic rings. The predicted octanol–water partition coefficient (Wildman–Crippen LogP) is 4.51. The summed E-state index contributed by atoms with van der Waals surface area (Å²) >= 11 is 6.58. The van der Waals surface area contributed by atoms with Crippen LogP contribution in [-0.4, -0.2) is 57.7 Å². The monoisotopic (exact) mass is 522 g/mol. The van der Waals surface area contributed by atoms with E-state index >= 15 is 0 Å². The Morgan fingerprint density at radius 3 is 2.54 bits per heavy atom. The molecule has 1 N–H and O–H groups in total. The molecule has 0 amide bonds. The molecular weight excluding hydrogens is 496 g/mol. The van der Waals surface area contributed by atoms with Gasteiger partial charge in [0.15, 0.2) is 11.5 Å². The predicted molar refractivity (Wildman–Crippen MR) is 139 cm³/mol. The number of carbonyl (C=O) groups is 1. The maximum atomic E-state index is 11.6. The number of fused-ring (bicyclic) bond motifs is 7. The number of hydrogen-bond acceptors (Lipinski definition) is 8. The van der Waals surface area contributed by atoms with E-state index in [0.717, 1.165) is 58.6 Å². The number of rotatable bonds is 5. The van der Waals surface area contributed by atoms with Crippen molar-refractivity contribution in [1.82, 2.24) is 19.9 Å².